The van der Waals surface area contributed by atoms with Crippen molar-refractivity contribution in [1.29, 1.82) is 0 Å². The predicted octanol–water partition coefficient (Wildman–Crippen LogP) is 6.84. The molecule has 0 unspecified atom stereocenters. The molecule has 0 saturated heterocycles. The number of ether oxygens (including phenoxy) is 2. The van der Waals surface area contributed by atoms with Gasteiger partial charge in [0.1, 0.15) is 0 Å². The van der Waals surface area contributed by atoms with Gasteiger partial charge in [-0.15, -0.1) is 6.58 Å². The zero-order chi connectivity index (χ0) is 20.7. The molecule has 0 amide bonds. The van der Waals surface area contributed by atoms with Gasteiger partial charge in [-0.25, -0.2) is 8.78 Å². The van der Waals surface area contributed by atoms with E-state index in [0.29, 0.717) is 30.9 Å². The Balaban J connectivity index is 1.85. The zero-order valence-corrected chi connectivity index (χ0v) is 15.4. The van der Waals surface area contributed by atoms with E-state index in [1.165, 1.54) is 0 Å². The van der Waals surface area contributed by atoms with Crippen molar-refractivity contribution in [1.82, 2.24) is 0 Å². The van der Waals surface area contributed by atoms with Crippen LogP contribution in [0.1, 0.15) is 50.5 Å². The van der Waals surface area contributed by atoms with E-state index in [0.717, 1.165) is 25.7 Å². The number of benzene rings is 1. The zero-order valence-electron chi connectivity index (χ0n) is 15.4. The average Bonchev–Trinajstić information content (AvgIpc) is 2.62. The number of allylic oxidation sites excluding steroid dienone is 1. The third-order valence-electron chi connectivity index (χ3n) is 4.99. The number of hydrogen-bond acceptors (Lipinski definition) is 2. The lowest BCUT2D eigenvalue weighted by atomic mass is 9.78. The first-order chi connectivity index (χ1) is 13.2. The van der Waals surface area contributed by atoms with Crippen LogP contribution in [0.2, 0.25) is 0 Å². The summed E-state index contributed by atoms with van der Waals surface area (Å²) in [5.74, 6) is -3.70. The minimum absolute atomic E-state index is 0.176. The molecular formula is C20H24F6O2. The Morgan fingerprint density at radius 3 is 2.18 bits per heavy atom. The second-order valence-corrected chi connectivity index (χ2v) is 7.15. The lowest BCUT2D eigenvalue weighted by Gasteiger charge is -2.30. The van der Waals surface area contributed by atoms with Crippen molar-refractivity contribution < 1.29 is 35.8 Å². The normalized spacial score (nSPS) is 20.4. The van der Waals surface area contributed by atoms with E-state index in [4.69, 9.17) is 0 Å². The highest BCUT2D eigenvalue weighted by Crippen LogP contribution is 2.38. The van der Waals surface area contributed by atoms with Gasteiger partial charge < -0.3 is 9.47 Å². The van der Waals surface area contributed by atoms with Crippen molar-refractivity contribution in [3.05, 3.63) is 42.0 Å². The second kappa shape index (κ2) is 10.2. The van der Waals surface area contributed by atoms with Crippen LogP contribution in [0.4, 0.5) is 26.3 Å². The average molecular weight is 410 g/mol. The summed E-state index contributed by atoms with van der Waals surface area (Å²) in [6, 6.07) is 1.28. The van der Waals surface area contributed by atoms with Gasteiger partial charge in [-0.2, -0.15) is 17.6 Å². The fraction of sp³-hybridized carbons (Fsp3) is 0.600. The molecule has 158 valence electrons. The molecule has 0 radical (unpaired) electrons. The molecule has 0 bridgehead atoms. The molecular weight excluding hydrogens is 386 g/mol. The Labute approximate surface area is 160 Å². The summed E-state index contributed by atoms with van der Waals surface area (Å²) in [4.78, 5) is 0. The van der Waals surface area contributed by atoms with Crippen LogP contribution in [0.3, 0.4) is 0 Å². The Morgan fingerprint density at radius 2 is 1.64 bits per heavy atom. The Bertz CT molecular complexity index is 619. The summed E-state index contributed by atoms with van der Waals surface area (Å²) in [7, 11) is 0. The molecule has 1 fully saturated rings. The van der Waals surface area contributed by atoms with E-state index >= 15 is 0 Å². The topological polar surface area (TPSA) is 18.5 Å². The molecule has 28 heavy (non-hydrogen) atoms. The van der Waals surface area contributed by atoms with Crippen molar-refractivity contribution in [2.75, 3.05) is 0 Å². The minimum Gasteiger partial charge on any atom is -0.429 e. The van der Waals surface area contributed by atoms with Gasteiger partial charge in [-0.05, 0) is 55.2 Å². The maximum absolute atomic E-state index is 14.1. The second-order valence-electron chi connectivity index (χ2n) is 7.15. The van der Waals surface area contributed by atoms with Crippen LogP contribution in [0.15, 0.2) is 24.8 Å². The Morgan fingerprint density at radius 1 is 1.07 bits per heavy atom. The van der Waals surface area contributed by atoms with E-state index in [-0.39, 0.29) is 11.5 Å². The van der Waals surface area contributed by atoms with E-state index < -0.39 is 43.1 Å². The molecule has 1 aliphatic rings. The van der Waals surface area contributed by atoms with Crippen LogP contribution in [0, 0.1) is 23.5 Å². The first kappa shape index (κ1) is 22.6. The van der Waals surface area contributed by atoms with Gasteiger partial charge in [0, 0.05) is 6.42 Å². The fourth-order valence-electron chi connectivity index (χ4n) is 3.56. The third kappa shape index (κ3) is 7.04. The molecule has 1 saturated carbocycles. The van der Waals surface area contributed by atoms with Gasteiger partial charge in [0.25, 0.3) is 0 Å². The Hall–Kier alpha value is -1.70. The van der Waals surface area contributed by atoms with Gasteiger partial charge in [-0.1, -0.05) is 18.9 Å². The molecule has 1 aromatic carbocycles. The highest BCUT2D eigenvalue weighted by atomic mass is 19.3. The molecule has 1 aromatic rings. The first-order valence-corrected chi connectivity index (χ1v) is 9.25. The lowest BCUT2D eigenvalue weighted by Crippen LogP contribution is -2.27. The summed E-state index contributed by atoms with van der Waals surface area (Å²) < 4.78 is 88.0. The molecule has 0 spiro atoms. The largest absolute Gasteiger partial charge is 0.429 e. The van der Waals surface area contributed by atoms with Crippen LogP contribution in [0.25, 0.3) is 0 Å². The fourth-order valence-corrected chi connectivity index (χ4v) is 3.56. The number of halogens is 6. The summed E-state index contributed by atoms with van der Waals surface area (Å²) in [6.45, 7) is -0.467. The van der Waals surface area contributed by atoms with Gasteiger partial charge in [0.15, 0.2) is 17.4 Å². The van der Waals surface area contributed by atoms with Gasteiger partial charge in [0.2, 0.25) is 0 Å². The minimum atomic E-state index is -3.44. The van der Waals surface area contributed by atoms with Crippen LogP contribution in [-0.2, 0) is 11.3 Å². The lowest BCUT2D eigenvalue weighted by molar-refractivity contribution is -0.256. The number of hydrogen-bond donors (Lipinski definition) is 0. The maximum Gasteiger partial charge on any atom is 0.387 e. The molecule has 0 heterocycles. The standard InChI is InChI=1S/C20H24F6O2/c1-2-3-4-13-5-7-14(8-6-13)11-20(25,26)27-12-15-9-16(21)18(17(22)10-15)28-19(23)24/h2,9-10,13-14,19H,1,3-8,11-12H2. The van der Waals surface area contributed by atoms with Gasteiger partial charge in [-0.3, -0.25) is 0 Å². The van der Waals surface area contributed by atoms with E-state index in [1.54, 1.807) is 0 Å². The summed E-state index contributed by atoms with van der Waals surface area (Å²) in [5.41, 5.74) is -0.232. The smallest absolute Gasteiger partial charge is 0.387 e. The predicted molar refractivity (Wildman–Crippen MR) is 92.2 cm³/mol. The highest BCUT2D eigenvalue weighted by Gasteiger charge is 2.35. The van der Waals surface area contributed by atoms with Crippen molar-refractivity contribution >= 4 is 0 Å². The summed E-state index contributed by atoms with van der Waals surface area (Å²) >= 11 is 0. The molecule has 0 aliphatic heterocycles. The molecule has 0 aromatic heterocycles. The molecule has 0 N–H and O–H groups in total. The highest BCUT2D eigenvalue weighted by molar-refractivity contribution is 5.31. The third-order valence-corrected chi connectivity index (χ3v) is 4.99. The first-order valence-electron chi connectivity index (χ1n) is 9.25. The summed E-state index contributed by atoms with van der Waals surface area (Å²) in [5, 5.41) is 0. The summed E-state index contributed by atoms with van der Waals surface area (Å²) in [6.07, 6.45) is 3.03. The number of alkyl halides is 4. The van der Waals surface area contributed by atoms with Crippen molar-refractivity contribution in [2.24, 2.45) is 11.8 Å². The Kier molecular flexibility index (Phi) is 8.22. The molecule has 8 heteroatoms. The van der Waals surface area contributed by atoms with Crippen molar-refractivity contribution in [3.63, 3.8) is 0 Å². The van der Waals surface area contributed by atoms with Gasteiger partial charge >= 0.3 is 12.7 Å². The van der Waals surface area contributed by atoms with Crippen LogP contribution < -0.4 is 4.74 Å². The monoisotopic (exact) mass is 410 g/mol. The quantitative estimate of drug-likeness (QED) is 0.311. The van der Waals surface area contributed by atoms with Crippen LogP contribution >= 0.6 is 0 Å². The molecule has 2 rings (SSSR count). The molecule has 2 nitrogen and oxygen atoms in total. The van der Waals surface area contributed by atoms with Crippen LogP contribution in [0.5, 0.6) is 5.75 Å². The van der Waals surface area contributed by atoms with Gasteiger partial charge in [0.05, 0.1) is 6.61 Å². The molecule has 1 aliphatic carbocycles. The maximum atomic E-state index is 14.1. The van der Waals surface area contributed by atoms with Crippen LogP contribution in [-0.4, -0.2) is 12.7 Å². The van der Waals surface area contributed by atoms with Crippen molar-refractivity contribution in [2.45, 2.75) is 64.3 Å². The SMILES string of the molecule is C=CCCC1CCC(CC(F)(F)OCc2cc(F)c(OC(F)F)c(F)c2)CC1. The number of rotatable bonds is 10. The van der Waals surface area contributed by atoms with E-state index in [1.807, 2.05) is 6.08 Å². The van der Waals surface area contributed by atoms with E-state index in [9.17, 15) is 26.3 Å². The van der Waals surface area contributed by atoms with Crippen molar-refractivity contribution in [3.8, 4) is 5.75 Å². The molecule has 0 atom stereocenters. The van der Waals surface area contributed by atoms with E-state index in [2.05, 4.69) is 16.1 Å².